The molecule has 0 atom stereocenters. The second kappa shape index (κ2) is 8.27. The first-order valence-electron chi connectivity index (χ1n) is 10.0. The largest absolute Gasteiger partial charge is 0.383 e. The maximum absolute atomic E-state index is 12.9. The third-order valence-corrected chi connectivity index (χ3v) is 5.62. The van der Waals surface area contributed by atoms with E-state index in [9.17, 15) is 9.59 Å². The van der Waals surface area contributed by atoms with Crippen molar-refractivity contribution >= 4 is 22.5 Å². The summed E-state index contributed by atoms with van der Waals surface area (Å²) in [6, 6.07) is 5.73. The van der Waals surface area contributed by atoms with Crippen LogP contribution in [0.15, 0.2) is 29.3 Å². The number of ether oxygens (including phenoxy) is 1. The van der Waals surface area contributed by atoms with Gasteiger partial charge in [-0.05, 0) is 32.0 Å². The Morgan fingerprint density at radius 2 is 1.97 bits per heavy atom. The number of nitrogens with zero attached hydrogens (tertiary/aromatic N) is 5. The number of carbonyl (C=O) groups excluding carboxylic acids is 1. The molecule has 158 valence electrons. The molecule has 4 rings (SSSR count). The van der Waals surface area contributed by atoms with Gasteiger partial charge in [0.1, 0.15) is 0 Å². The zero-order valence-electron chi connectivity index (χ0n) is 17.5. The predicted octanol–water partition coefficient (Wildman–Crippen LogP) is 1.35. The van der Waals surface area contributed by atoms with Crippen LogP contribution in [0.25, 0.3) is 10.9 Å². The van der Waals surface area contributed by atoms with Gasteiger partial charge in [0.15, 0.2) is 0 Å². The first-order chi connectivity index (χ1) is 14.5. The van der Waals surface area contributed by atoms with Crippen molar-refractivity contribution < 1.29 is 9.53 Å². The summed E-state index contributed by atoms with van der Waals surface area (Å²) in [6.07, 6.45) is 1.57. The van der Waals surface area contributed by atoms with Crippen molar-refractivity contribution in [2.75, 3.05) is 44.8 Å². The summed E-state index contributed by atoms with van der Waals surface area (Å²) < 4.78 is 6.61. The number of benzene rings is 1. The van der Waals surface area contributed by atoms with Gasteiger partial charge in [0, 0.05) is 44.7 Å². The number of anilines is 1. The third kappa shape index (κ3) is 3.68. The Balaban J connectivity index is 1.48. The number of rotatable bonds is 5. The molecule has 0 radical (unpaired) electrons. The highest BCUT2D eigenvalue weighted by atomic mass is 16.5. The molecule has 1 saturated heterocycles. The van der Waals surface area contributed by atoms with Crippen LogP contribution < -0.4 is 10.5 Å². The number of aromatic nitrogens is 4. The predicted molar refractivity (Wildman–Crippen MR) is 114 cm³/mol. The number of aryl methyl sites for hydroxylation is 2. The van der Waals surface area contributed by atoms with Crippen LogP contribution in [0.2, 0.25) is 0 Å². The van der Waals surface area contributed by atoms with E-state index in [1.807, 2.05) is 36.9 Å². The van der Waals surface area contributed by atoms with E-state index in [0.717, 1.165) is 30.2 Å². The molecule has 9 heteroatoms. The fraction of sp³-hybridized carbons (Fsp3) is 0.429. The second-order valence-electron chi connectivity index (χ2n) is 7.53. The maximum Gasteiger partial charge on any atom is 0.261 e. The Morgan fingerprint density at radius 1 is 1.20 bits per heavy atom. The number of methoxy groups -OCH3 is 1. The van der Waals surface area contributed by atoms with Gasteiger partial charge >= 0.3 is 0 Å². The number of fused-ring (bicyclic) bond motifs is 1. The Hall–Kier alpha value is -3.20. The fourth-order valence-corrected chi connectivity index (χ4v) is 3.88. The Kier molecular flexibility index (Phi) is 5.54. The van der Waals surface area contributed by atoms with E-state index < -0.39 is 0 Å². The molecule has 3 heterocycles. The van der Waals surface area contributed by atoms with Crippen molar-refractivity contribution in [1.29, 1.82) is 0 Å². The lowest BCUT2D eigenvalue weighted by atomic mass is 10.1. The van der Waals surface area contributed by atoms with Gasteiger partial charge in [-0.2, -0.15) is 5.10 Å². The zero-order valence-corrected chi connectivity index (χ0v) is 17.5. The molecule has 0 unspecified atom stereocenters. The van der Waals surface area contributed by atoms with Gasteiger partial charge in [-0.15, -0.1) is 0 Å². The summed E-state index contributed by atoms with van der Waals surface area (Å²) in [5, 5.41) is 7.60. The van der Waals surface area contributed by atoms with Gasteiger partial charge in [-0.25, -0.2) is 4.98 Å². The zero-order chi connectivity index (χ0) is 21.3. The summed E-state index contributed by atoms with van der Waals surface area (Å²) in [5.74, 6) is 0.0233. The Bertz CT molecular complexity index is 1110. The van der Waals surface area contributed by atoms with E-state index >= 15 is 0 Å². The monoisotopic (exact) mass is 410 g/mol. The van der Waals surface area contributed by atoms with E-state index in [-0.39, 0.29) is 11.5 Å². The molecule has 30 heavy (non-hydrogen) atoms. The number of hydrogen-bond donors (Lipinski definition) is 1. The molecule has 1 aliphatic rings. The van der Waals surface area contributed by atoms with Crippen molar-refractivity contribution in [2.24, 2.45) is 0 Å². The minimum absolute atomic E-state index is 0.0233. The van der Waals surface area contributed by atoms with Crippen LogP contribution >= 0.6 is 0 Å². The first kappa shape index (κ1) is 20.1. The average Bonchev–Trinajstić information content (AvgIpc) is 3.10. The standard InChI is InChI=1S/C21H26N6O3/c1-14-19(15(2)24-23-14)21(29)26-8-6-25(7-9-26)16-4-5-17-18(12-16)22-13-27(20(17)28)10-11-30-3/h4-5,12-13H,6-11H2,1-3H3,(H,23,24). The summed E-state index contributed by atoms with van der Waals surface area (Å²) in [7, 11) is 1.61. The maximum atomic E-state index is 12.9. The van der Waals surface area contributed by atoms with Crippen LogP contribution in [0.1, 0.15) is 21.7 Å². The van der Waals surface area contributed by atoms with E-state index in [2.05, 4.69) is 20.1 Å². The van der Waals surface area contributed by atoms with Crippen LogP contribution in [0, 0.1) is 13.8 Å². The van der Waals surface area contributed by atoms with Crippen LogP contribution in [0.3, 0.4) is 0 Å². The van der Waals surface area contributed by atoms with Crippen molar-refractivity contribution in [3.8, 4) is 0 Å². The smallest absolute Gasteiger partial charge is 0.261 e. The summed E-state index contributed by atoms with van der Waals surface area (Å²) in [6.45, 7) is 7.36. The highest BCUT2D eigenvalue weighted by Crippen LogP contribution is 2.22. The van der Waals surface area contributed by atoms with Gasteiger partial charge in [-0.3, -0.25) is 19.3 Å². The number of nitrogens with one attached hydrogen (secondary N) is 1. The van der Waals surface area contributed by atoms with E-state index in [0.29, 0.717) is 42.7 Å². The lowest BCUT2D eigenvalue weighted by molar-refractivity contribution is 0.0745. The SMILES string of the molecule is COCCn1cnc2cc(N3CCN(C(=O)c4c(C)n[nH]c4C)CC3)ccc2c1=O. The number of H-pyrrole nitrogens is 1. The lowest BCUT2D eigenvalue weighted by Crippen LogP contribution is -2.49. The molecule has 9 nitrogen and oxygen atoms in total. The van der Waals surface area contributed by atoms with Crippen molar-refractivity contribution in [3.05, 3.63) is 51.8 Å². The molecule has 0 aliphatic carbocycles. The Labute approximate surface area is 174 Å². The summed E-state index contributed by atoms with van der Waals surface area (Å²) >= 11 is 0. The van der Waals surface area contributed by atoms with Gasteiger partial charge in [-0.1, -0.05) is 0 Å². The third-order valence-electron chi connectivity index (χ3n) is 5.62. The van der Waals surface area contributed by atoms with E-state index in [1.54, 1.807) is 18.0 Å². The summed E-state index contributed by atoms with van der Waals surface area (Å²) in [4.78, 5) is 34.0. The molecule has 1 fully saturated rings. The van der Waals surface area contributed by atoms with Crippen molar-refractivity contribution in [3.63, 3.8) is 0 Å². The van der Waals surface area contributed by atoms with E-state index in [1.165, 1.54) is 0 Å². The van der Waals surface area contributed by atoms with Gasteiger partial charge < -0.3 is 14.5 Å². The van der Waals surface area contributed by atoms with Gasteiger partial charge in [0.2, 0.25) is 0 Å². The molecule has 3 aromatic rings. The molecule has 1 aliphatic heterocycles. The first-order valence-corrected chi connectivity index (χ1v) is 10.0. The number of aromatic amines is 1. The lowest BCUT2D eigenvalue weighted by Gasteiger charge is -2.36. The normalized spacial score (nSPS) is 14.5. The highest BCUT2D eigenvalue weighted by Gasteiger charge is 2.26. The van der Waals surface area contributed by atoms with Crippen LogP contribution in [-0.4, -0.2) is 70.5 Å². The molecule has 2 aromatic heterocycles. The fourth-order valence-electron chi connectivity index (χ4n) is 3.88. The molecule has 0 spiro atoms. The van der Waals surface area contributed by atoms with Crippen molar-refractivity contribution in [1.82, 2.24) is 24.6 Å². The summed E-state index contributed by atoms with van der Waals surface area (Å²) in [5.41, 5.74) is 3.82. The van der Waals surface area contributed by atoms with Gasteiger partial charge in [0.25, 0.3) is 11.5 Å². The molecule has 0 bridgehead atoms. The topological polar surface area (TPSA) is 96.3 Å². The molecule has 1 amide bonds. The Morgan fingerprint density at radius 3 is 2.63 bits per heavy atom. The van der Waals surface area contributed by atoms with Crippen LogP contribution in [0.4, 0.5) is 5.69 Å². The molecular weight excluding hydrogens is 384 g/mol. The average molecular weight is 410 g/mol. The quantitative estimate of drug-likeness (QED) is 0.682. The van der Waals surface area contributed by atoms with E-state index in [4.69, 9.17) is 4.74 Å². The minimum atomic E-state index is -0.0649. The second-order valence-corrected chi connectivity index (χ2v) is 7.53. The highest BCUT2D eigenvalue weighted by molar-refractivity contribution is 5.96. The van der Waals surface area contributed by atoms with Crippen LogP contribution in [0.5, 0.6) is 0 Å². The molecule has 0 saturated carbocycles. The van der Waals surface area contributed by atoms with Gasteiger partial charge in [0.05, 0.1) is 41.6 Å². The molecule has 1 N–H and O–H groups in total. The number of carbonyl (C=O) groups is 1. The number of hydrogen-bond acceptors (Lipinski definition) is 6. The number of piperazine rings is 1. The molecule has 1 aromatic carbocycles. The minimum Gasteiger partial charge on any atom is -0.383 e. The van der Waals surface area contributed by atoms with Crippen molar-refractivity contribution in [2.45, 2.75) is 20.4 Å². The molecular formula is C21H26N6O3. The number of amides is 1. The van der Waals surface area contributed by atoms with Crippen LogP contribution in [-0.2, 0) is 11.3 Å².